The molecule has 0 amide bonds. The van der Waals surface area contributed by atoms with E-state index >= 15 is 0 Å². The minimum Gasteiger partial charge on any atom is -0.480 e. The van der Waals surface area contributed by atoms with Crippen molar-refractivity contribution in [1.29, 1.82) is 0 Å². The van der Waals surface area contributed by atoms with Crippen LogP contribution in [0.3, 0.4) is 0 Å². The molecule has 1 aromatic rings. The quantitative estimate of drug-likeness (QED) is 0.744. The van der Waals surface area contributed by atoms with Crippen LogP contribution in [0.4, 0.5) is 0 Å². The standard InChI is InChI=1S/C11H14N2O5/c1-4-8(10(16)17)13-6(2)7(5-14)9(15)12(3)11(13)18/h5,8H,4H2,1-3H3,(H,16,17). The van der Waals surface area contributed by atoms with Gasteiger partial charge in [0, 0.05) is 12.7 Å². The Kier molecular flexibility index (Phi) is 3.85. The van der Waals surface area contributed by atoms with Crippen molar-refractivity contribution in [3.05, 3.63) is 32.1 Å². The molecule has 0 saturated heterocycles. The number of carbonyl (C=O) groups excluding carboxylic acids is 1. The second-order valence-corrected chi connectivity index (χ2v) is 3.90. The molecule has 0 fully saturated rings. The number of hydrogen-bond acceptors (Lipinski definition) is 4. The second kappa shape index (κ2) is 4.99. The van der Waals surface area contributed by atoms with Gasteiger partial charge >= 0.3 is 11.7 Å². The van der Waals surface area contributed by atoms with Gasteiger partial charge in [-0.3, -0.25) is 18.7 Å². The molecule has 7 nitrogen and oxygen atoms in total. The lowest BCUT2D eigenvalue weighted by Crippen LogP contribution is -2.44. The lowest BCUT2D eigenvalue weighted by Gasteiger charge is -2.18. The van der Waals surface area contributed by atoms with Gasteiger partial charge in [0.25, 0.3) is 5.56 Å². The van der Waals surface area contributed by atoms with E-state index in [0.29, 0.717) is 6.29 Å². The number of aromatic nitrogens is 2. The molecule has 18 heavy (non-hydrogen) atoms. The maximum atomic E-state index is 11.9. The molecular weight excluding hydrogens is 240 g/mol. The molecule has 0 spiro atoms. The second-order valence-electron chi connectivity index (χ2n) is 3.90. The van der Waals surface area contributed by atoms with Crippen LogP contribution in [0.1, 0.15) is 35.4 Å². The Labute approximate surface area is 102 Å². The molecule has 98 valence electrons. The van der Waals surface area contributed by atoms with Crippen LogP contribution >= 0.6 is 0 Å². The van der Waals surface area contributed by atoms with E-state index in [0.717, 1.165) is 9.13 Å². The van der Waals surface area contributed by atoms with Crippen LogP contribution in [0.5, 0.6) is 0 Å². The number of aldehydes is 1. The van der Waals surface area contributed by atoms with Gasteiger partial charge in [0.1, 0.15) is 6.04 Å². The molecule has 0 aliphatic heterocycles. The zero-order valence-electron chi connectivity index (χ0n) is 10.3. The fraction of sp³-hybridized carbons (Fsp3) is 0.455. The topological polar surface area (TPSA) is 98.4 Å². The molecule has 0 bridgehead atoms. The Bertz CT molecular complexity index is 611. The first-order valence-electron chi connectivity index (χ1n) is 5.36. The summed E-state index contributed by atoms with van der Waals surface area (Å²) in [6.07, 6.45) is 0.509. The lowest BCUT2D eigenvalue weighted by molar-refractivity contribution is -0.141. The van der Waals surface area contributed by atoms with Crippen LogP contribution in [-0.2, 0) is 11.8 Å². The minimum absolute atomic E-state index is 0.0763. The van der Waals surface area contributed by atoms with Crippen molar-refractivity contribution in [2.75, 3.05) is 0 Å². The summed E-state index contributed by atoms with van der Waals surface area (Å²) in [4.78, 5) is 45.5. The molecule has 1 heterocycles. The predicted octanol–water partition coefficient (Wildman–Crippen LogP) is -0.296. The van der Waals surface area contributed by atoms with E-state index in [-0.39, 0.29) is 17.7 Å². The lowest BCUT2D eigenvalue weighted by atomic mass is 10.2. The molecule has 0 radical (unpaired) electrons. The average molecular weight is 254 g/mol. The van der Waals surface area contributed by atoms with Crippen molar-refractivity contribution in [1.82, 2.24) is 9.13 Å². The van der Waals surface area contributed by atoms with Crippen LogP contribution in [0.15, 0.2) is 9.59 Å². The van der Waals surface area contributed by atoms with Gasteiger partial charge in [-0.25, -0.2) is 9.59 Å². The Morgan fingerprint density at radius 3 is 2.39 bits per heavy atom. The molecular formula is C11H14N2O5. The highest BCUT2D eigenvalue weighted by Gasteiger charge is 2.24. The Morgan fingerprint density at radius 2 is 2.00 bits per heavy atom. The van der Waals surface area contributed by atoms with Gasteiger partial charge in [-0.15, -0.1) is 0 Å². The highest BCUT2D eigenvalue weighted by atomic mass is 16.4. The van der Waals surface area contributed by atoms with Gasteiger partial charge < -0.3 is 5.11 Å². The van der Waals surface area contributed by atoms with Crippen molar-refractivity contribution in [3.63, 3.8) is 0 Å². The first kappa shape index (κ1) is 13.9. The Hall–Kier alpha value is -2.18. The van der Waals surface area contributed by atoms with Gasteiger partial charge in [0.15, 0.2) is 6.29 Å². The Balaban J connectivity index is 3.80. The highest BCUT2D eigenvalue weighted by Crippen LogP contribution is 2.12. The van der Waals surface area contributed by atoms with Crippen molar-refractivity contribution in [2.24, 2.45) is 7.05 Å². The van der Waals surface area contributed by atoms with E-state index in [4.69, 9.17) is 5.11 Å². The summed E-state index contributed by atoms with van der Waals surface area (Å²) in [6.45, 7) is 2.99. The van der Waals surface area contributed by atoms with E-state index in [9.17, 15) is 19.2 Å². The summed E-state index contributed by atoms with van der Waals surface area (Å²) in [5.41, 5.74) is -1.58. The van der Waals surface area contributed by atoms with Gasteiger partial charge in [0.05, 0.1) is 5.56 Å². The minimum atomic E-state index is -1.18. The maximum absolute atomic E-state index is 11.9. The van der Waals surface area contributed by atoms with E-state index < -0.39 is 23.3 Å². The zero-order valence-corrected chi connectivity index (χ0v) is 10.3. The fourth-order valence-corrected chi connectivity index (χ4v) is 1.83. The van der Waals surface area contributed by atoms with Crippen molar-refractivity contribution < 1.29 is 14.7 Å². The molecule has 1 unspecified atom stereocenters. The van der Waals surface area contributed by atoms with Crippen molar-refractivity contribution >= 4 is 12.3 Å². The van der Waals surface area contributed by atoms with Gasteiger partial charge in [-0.2, -0.15) is 0 Å². The van der Waals surface area contributed by atoms with E-state index in [2.05, 4.69) is 0 Å². The van der Waals surface area contributed by atoms with Crippen LogP contribution < -0.4 is 11.2 Å². The Morgan fingerprint density at radius 1 is 1.44 bits per heavy atom. The molecule has 7 heteroatoms. The molecule has 0 saturated carbocycles. The molecule has 0 aromatic carbocycles. The van der Waals surface area contributed by atoms with Crippen LogP contribution in [0, 0.1) is 6.92 Å². The number of carbonyl (C=O) groups is 2. The molecule has 0 aliphatic rings. The monoisotopic (exact) mass is 254 g/mol. The average Bonchev–Trinajstić information content (AvgIpc) is 2.32. The summed E-state index contributed by atoms with van der Waals surface area (Å²) in [5.74, 6) is -1.18. The summed E-state index contributed by atoms with van der Waals surface area (Å²) in [6, 6.07) is -1.09. The fourth-order valence-electron chi connectivity index (χ4n) is 1.83. The first-order chi connectivity index (χ1) is 8.36. The van der Waals surface area contributed by atoms with Gasteiger partial charge in [-0.05, 0) is 13.3 Å². The normalized spacial score (nSPS) is 12.2. The smallest absolute Gasteiger partial charge is 0.331 e. The van der Waals surface area contributed by atoms with E-state index in [1.807, 2.05) is 0 Å². The zero-order chi connectivity index (χ0) is 14.0. The summed E-state index contributed by atoms with van der Waals surface area (Å²) in [7, 11) is 1.21. The van der Waals surface area contributed by atoms with E-state index in [1.54, 1.807) is 6.92 Å². The molecule has 1 rings (SSSR count). The number of nitrogens with zero attached hydrogens (tertiary/aromatic N) is 2. The number of carboxylic acids is 1. The molecule has 1 N–H and O–H groups in total. The number of carboxylic acid groups (broad SMARTS) is 1. The van der Waals surface area contributed by atoms with Gasteiger partial charge in [0.2, 0.25) is 0 Å². The third kappa shape index (κ3) is 1.99. The van der Waals surface area contributed by atoms with Crippen molar-refractivity contribution in [2.45, 2.75) is 26.3 Å². The SMILES string of the molecule is CCC(C(=O)O)n1c(C)c(C=O)c(=O)n(C)c1=O. The predicted molar refractivity (Wildman–Crippen MR) is 63.0 cm³/mol. The van der Waals surface area contributed by atoms with Crippen LogP contribution in [-0.4, -0.2) is 26.5 Å². The summed E-state index contributed by atoms with van der Waals surface area (Å²) in [5, 5.41) is 9.06. The summed E-state index contributed by atoms with van der Waals surface area (Å²) < 4.78 is 1.70. The number of rotatable bonds is 4. The maximum Gasteiger partial charge on any atom is 0.331 e. The largest absolute Gasteiger partial charge is 0.480 e. The molecule has 0 aliphatic carbocycles. The number of hydrogen-bond donors (Lipinski definition) is 1. The van der Waals surface area contributed by atoms with Crippen LogP contribution in [0.2, 0.25) is 0 Å². The molecule has 1 atom stereocenters. The third-order valence-corrected chi connectivity index (χ3v) is 2.88. The summed E-state index contributed by atoms with van der Waals surface area (Å²) >= 11 is 0. The third-order valence-electron chi connectivity index (χ3n) is 2.88. The number of aliphatic carboxylic acids is 1. The van der Waals surface area contributed by atoms with E-state index in [1.165, 1.54) is 14.0 Å². The van der Waals surface area contributed by atoms with Gasteiger partial charge in [-0.1, -0.05) is 6.92 Å². The highest BCUT2D eigenvalue weighted by molar-refractivity contribution is 5.76. The van der Waals surface area contributed by atoms with Crippen molar-refractivity contribution in [3.8, 4) is 0 Å². The van der Waals surface area contributed by atoms with Crippen LogP contribution in [0.25, 0.3) is 0 Å². The first-order valence-corrected chi connectivity index (χ1v) is 5.36. The molecule has 1 aromatic heterocycles.